The Morgan fingerprint density at radius 1 is 1.11 bits per heavy atom. The van der Waals surface area contributed by atoms with Gasteiger partial charge >= 0.3 is 0 Å². The molecule has 0 amide bonds. The average Bonchev–Trinajstić information content (AvgIpc) is 2.92. The predicted molar refractivity (Wildman–Crippen MR) is 164 cm³/mol. The summed E-state index contributed by atoms with van der Waals surface area (Å²) in [5, 5.41) is 5.96. The van der Waals surface area contributed by atoms with Crippen molar-refractivity contribution in [2.45, 2.75) is 118 Å². The molecule has 1 aromatic heterocycles. The summed E-state index contributed by atoms with van der Waals surface area (Å²) < 4.78 is 14.9. The highest BCUT2D eigenvalue weighted by Gasteiger charge is 2.28. The fraction of sp³-hybridized carbons (Fsp3) is 0.629. The van der Waals surface area contributed by atoms with Crippen molar-refractivity contribution in [3.8, 4) is 0 Å². The lowest BCUT2D eigenvalue weighted by molar-refractivity contribution is 0.170. The zero-order valence-corrected chi connectivity index (χ0v) is 25.0. The van der Waals surface area contributed by atoms with Crippen molar-refractivity contribution in [2.75, 3.05) is 6.54 Å². The van der Waals surface area contributed by atoms with Crippen molar-refractivity contribution >= 4 is 16.5 Å². The maximum absolute atomic E-state index is 14.9. The first-order valence-corrected chi connectivity index (χ1v) is 15.5. The lowest BCUT2D eigenvalue weighted by atomic mass is 9.78. The summed E-state index contributed by atoms with van der Waals surface area (Å²) in [6.07, 6.45) is 15.4. The molecule has 3 unspecified atom stereocenters. The van der Waals surface area contributed by atoms with Gasteiger partial charge in [0.25, 0.3) is 0 Å². The van der Waals surface area contributed by atoms with E-state index in [0.29, 0.717) is 11.5 Å². The summed E-state index contributed by atoms with van der Waals surface area (Å²) in [7, 11) is 0. The number of hydrogen-bond acceptors (Lipinski definition) is 2. The number of pyridine rings is 1. The van der Waals surface area contributed by atoms with Crippen LogP contribution in [-0.2, 0) is 19.3 Å². The number of halogens is 1. The molecule has 0 radical (unpaired) electrons. The molecule has 2 nitrogen and oxygen atoms in total. The van der Waals surface area contributed by atoms with E-state index in [0.717, 1.165) is 68.8 Å². The van der Waals surface area contributed by atoms with Crippen molar-refractivity contribution < 1.29 is 4.39 Å². The number of hydrogen-bond donors (Lipinski definition) is 1. The Labute approximate surface area is 232 Å². The predicted octanol–water partition coefficient (Wildman–Crippen LogP) is 9.79. The first-order valence-electron chi connectivity index (χ1n) is 15.5. The van der Waals surface area contributed by atoms with Crippen LogP contribution in [0.1, 0.15) is 115 Å². The Hall–Kier alpha value is -2.16. The van der Waals surface area contributed by atoms with Crippen LogP contribution >= 0.6 is 0 Å². The van der Waals surface area contributed by atoms with Crippen LogP contribution in [0, 0.1) is 17.8 Å². The first kappa shape index (κ1) is 30.4. The number of rotatable bonds is 10. The Morgan fingerprint density at radius 2 is 1.84 bits per heavy atom. The van der Waals surface area contributed by atoms with Gasteiger partial charge in [-0.05, 0) is 91.0 Å². The van der Waals surface area contributed by atoms with Crippen LogP contribution in [0.5, 0.6) is 0 Å². The van der Waals surface area contributed by atoms with Crippen LogP contribution in [0.4, 0.5) is 4.39 Å². The third kappa shape index (κ3) is 7.70. The smallest absolute Gasteiger partial charge is 0.124 e. The normalized spacial score (nSPS) is 18.1. The molecule has 2 aromatic rings. The molecule has 3 heteroatoms. The Balaban J connectivity index is 0.000000494. The van der Waals surface area contributed by atoms with Gasteiger partial charge in [0.2, 0.25) is 0 Å². The Kier molecular flexibility index (Phi) is 11.9. The van der Waals surface area contributed by atoms with Gasteiger partial charge in [0.1, 0.15) is 6.17 Å². The van der Waals surface area contributed by atoms with Gasteiger partial charge in [-0.2, -0.15) is 0 Å². The summed E-state index contributed by atoms with van der Waals surface area (Å²) in [6, 6.07) is 4.65. The highest BCUT2D eigenvalue weighted by molar-refractivity contribution is 5.91. The number of aromatic nitrogens is 1. The highest BCUT2D eigenvalue weighted by Crippen LogP contribution is 2.35. The maximum Gasteiger partial charge on any atom is 0.124 e. The van der Waals surface area contributed by atoms with Gasteiger partial charge in [-0.1, -0.05) is 85.8 Å². The monoisotopic (exact) mass is 520 g/mol. The number of benzene rings is 1. The van der Waals surface area contributed by atoms with Crippen molar-refractivity contribution in [1.29, 1.82) is 0 Å². The molecular weight excluding hydrogens is 467 g/mol. The van der Waals surface area contributed by atoms with E-state index < -0.39 is 6.17 Å². The summed E-state index contributed by atoms with van der Waals surface area (Å²) in [5.41, 5.74) is 6.70. The summed E-state index contributed by atoms with van der Waals surface area (Å²) >= 11 is 0. The van der Waals surface area contributed by atoms with Crippen molar-refractivity contribution in [2.24, 2.45) is 17.8 Å². The minimum absolute atomic E-state index is 0.0424. The number of nitrogens with zero attached hydrogens (tertiary/aromatic N) is 1. The summed E-state index contributed by atoms with van der Waals surface area (Å²) in [4.78, 5) is 4.89. The number of nitrogens with one attached hydrogen (secondary N) is 1. The van der Waals surface area contributed by atoms with E-state index in [1.807, 2.05) is 13.1 Å². The minimum atomic E-state index is -0.917. The molecule has 4 rings (SSSR count). The fourth-order valence-corrected chi connectivity index (χ4v) is 6.57. The number of fused-ring (bicyclic) bond motifs is 2. The number of alkyl halides is 1. The van der Waals surface area contributed by atoms with Crippen molar-refractivity contribution in [3.63, 3.8) is 0 Å². The van der Waals surface area contributed by atoms with Gasteiger partial charge in [-0.25, -0.2) is 4.39 Å². The largest absolute Gasteiger partial charge is 0.385 e. The third-order valence-corrected chi connectivity index (χ3v) is 8.94. The molecule has 2 aliphatic rings. The van der Waals surface area contributed by atoms with Crippen LogP contribution in [0.15, 0.2) is 37.1 Å². The van der Waals surface area contributed by atoms with E-state index in [2.05, 4.69) is 58.3 Å². The Morgan fingerprint density at radius 3 is 2.42 bits per heavy atom. The molecule has 2 heterocycles. The average molecular weight is 521 g/mol. The van der Waals surface area contributed by atoms with E-state index in [9.17, 15) is 4.39 Å². The van der Waals surface area contributed by atoms with E-state index in [-0.39, 0.29) is 5.92 Å². The second kappa shape index (κ2) is 14.8. The molecule has 0 spiro atoms. The summed E-state index contributed by atoms with van der Waals surface area (Å²) in [5.74, 6) is 1.43. The second-order valence-corrected chi connectivity index (χ2v) is 11.9. The van der Waals surface area contributed by atoms with Crippen molar-refractivity contribution in [3.05, 3.63) is 59.4 Å². The van der Waals surface area contributed by atoms with E-state index >= 15 is 0 Å². The molecule has 1 aromatic carbocycles. The van der Waals surface area contributed by atoms with Crippen LogP contribution in [-0.4, -0.2) is 17.7 Å². The van der Waals surface area contributed by atoms with Crippen LogP contribution in [0.3, 0.4) is 0 Å². The summed E-state index contributed by atoms with van der Waals surface area (Å²) in [6.45, 7) is 19.7. The van der Waals surface area contributed by atoms with Gasteiger partial charge in [-0.3, -0.25) is 4.98 Å². The highest BCUT2D eigenvalue weighted by atomic mass is 19.1. The molecule has 1 N–H and O–H groups in total. The molecule has 3 atom stereocenters. The van der Waals surface area contributed by atoms with Gasteiger partial charge in [-0.15, -0.1) is 0 Å². The van der Waals surface area contributed by atoms with Crippen molar-refractivity contribution in [1.82, 2.24) is 10.3 Å². The second-order valence-electron chi connectivity index (χ2n) is 11.9. The van der Waals surface area contributed by atoms with E-state index in [1.165, 1.54) is 59.6 Å². The van der Waals surface area contributed by atoms with Gasteiger partial charge in [0, 0.05) is 35.1 Å². The molecule has 1 aliphatic heterocycles. The molecule has 1 aliphatic carbocycles. The van der Waals surface area contributed by atoms with Gasteiger partial charge in [0.15, 0.2) is 0 Å². The fourth-order valence-electron chi connectivity index (χ4n) is 6.57. The zero-order valence-electron chi connectivity index (χ0n) is 25.0. The third-order valence-electron chi connectivity index (χ3n) is 8.94. The van der Waals surface area contributed by atoms with E-state index in [1.54, 1.807) is 0 Å². The SMILES string of the molecule is C=C1NCCc2cc3c(CCC(CCC)C(CC)C(F)C(=C)C)ncc(CC)c3cc21.CC1CCCCC1. The van der Waals surface area contributed by atoms with E-state index in [4.69, 9.17) is 4.98 Å². The van der Waals surface area contributed by atoms with Crippen LogP contribution in [0.2, 0.25) is 0 Å². The zero-order chi connectivity index (χ0) is 27.7. The quantitative estimate of drug-likeness (QED) is 0.315. The van der Waals surface area contributed by atoms with Crippen LogP contribution < -0.4 is 5.32 Å². The van der Waals surface area contributed by atoms with Gasteiger partial charge < -0.3 is 5.32 Å². The van der Waals surface area contributed by atoms with Gasteiger partial charge in [0.05, 0.1) is 0 Å². The first-order chi connectivity index (χ1) is 18.3. The number of allylic oxidation sites excluding steroid dienone is 1. The molecule has 210 valence electrons. The lowest BCUT2D eigenvalue weighted by Gasteiger charge is -2.29. The molecular formula is C35H53FN2. The topological polar surface area (TPSA) is 24.9 Å². The molecule has 0 saturated heterocycles. The molecule has 38 heavy (non-hydrogen) atoms. The van der Waals surface area contributed by atoms with Crippen LogP contribution in [0.25, 0.3) is 16.5 Å². The minimum Gasteiger partial charge on any atom is -0.385 e. The molecule has 0 bridgehead atoms. The number of aryl methyl sites for hydroxylation is 2. The standard InChI is InChI=1S/C28H39FN2.C7H14/c1-7-10-21(23(9-3)28(29)18(4)5)11-12-27-26-15-22-13-14-30-19(6)24(22)16-25(26)20(8-2)17-31-27;1-7-5-3-2-4-6-7/h15-17,21,23,28,30H,4,6-14H2,1-3,5H3;7H,2-6H2,1H3. The lowest BCUT2D eigenvalue weighted by Crippen LogP contribution is -2.26. The molecule has 1 fully saturated rings. The molecule has 1 saturated carbocycles. The maximum atomic E-state index is 14.9. The Bertz CT molecular complexity index is 1070.